The maximum Gasteiger partial charge on any atom is 0.225 e. The highest BCUT2D eigenvalue weighted by Gasteiger charge is 2.19. The molecule has 6 nitrogen and oxygen atoms in total. The molecule has 0 saturated heterocycles. The molecular formula is C17H19N3O3S. The highest BCUT2D eigenvalue weighted by atomic mass is 32.2. The van der Waals surface area contributed by atoms with Gasteiger partial charge in [0.15, 0.2) is 9.84 Å². The lowest BCUT2D eigenvalue weighted by atomic mass is 10.1. The Kier molecular flexibility index (Phi) is 4.53. The van der Waals surface area contributed by atoms with Crippen molar-refractivity contribution in [3.05, 3.63) is 47.7 Å². The summed E-state index contributed by atoms with van der Waals surface area (Å²) in [5, 5.41) is 2.61. The van der Waals surface area contributed by atoms with E-state index in [2.05, 4.69) is 10.3 Å². The fourth-order valence-corrected chi connectivity index (χ4v) is 4.08. The summed E-state index contributed by atoms with van der Waals surface area (Å²) >= 11 is 0. The Labute approximate surface area is 141 Å². The van der Waals surface area contributed by atoms with Crippen molar-refractivity contribution < 1.29 is 13.2 Å². The van der Waals surface area contributed by atoms with Crippen molar-refractivity contribution >= 4 is 27.2 Å². The van der Waals surface area contributed by atoms with Crippen molar-refractivity contribution in [2.75, 3.05) is 16.8 Å². The highest BCUT2D eigenvalue weighted by Crippen LogP contribution is 2.25. The molecule has 1 aliphatic carbocycles. The number of hydrogen-bond acceptors (Lipinski definition) is 5. The Morgan fingerprint density at radius 3 is 2.71 bits per heavy atom. The molecule has 3 N–H and O–H groups in total. The summed E-state index contributed by atoms with van der Waals surface area (Å²) in [7, 11) is -3.47. The lowest BCUT2D eigenvalue weighted by Gasteiger charge is -2.08. The van der Waals surface area contributed by atoms with E-state index in [9.17, 15) is 13.2 Å². The molecule has 1 amide bonds. The predicted octanol–water partition coefficient (Wildman–Crippen LogP) is 1.96. The zero-order chi connectivity index (χ0) is 17.2. The van der Waals surface area contributed by atoms with E-state index in [0.29, 0.717) is 16.4 Å². The molecule has 1 aliphatic rings. The molecule has 2 aromatic rings. The number of nitrogen functional groups attached to an aromatic ring is 1. The SMILES string of the molecule is Nc1ccc(NC(=O)CCS(=O)(=O)c2ccc3c(c2)CCC3)cn1. The molecule has 1 heterocycles. The fraction of sp³-hybridized carbons (Fsp3) is 0.294. The zero-order valence-electron chi connectivity index (χ0n) is 13.2. The molecule has 1 aromatic carbocycles. The van der Waals surface area contributed by atoms with Crippen LogP contribution in [0, 0.1) is 0 Å². The first kappa shape index (κ1) is 16.4. The third kappa shape index (κ3) is 3.73. The minimum absolute atomic E-state index is 0.107. The van der Waals surface area contributed by atoms with Gasteiger partial charge in [-0.25, -0.2) is 13.4 Å². The summed E-state index contributed by atoms with van der Waals surface area (Å²) in [5.41, 5.74) is 8.29. The van der Waals surface area contributed by atoms with Gasteiger partial charge in [-0.15, -0.1) is 0 Å². The smallest absolute Gasteiger partial charge is 0.225 e. The lowest BCUT2D eigenvalue weighted by molar-refractivity contribution is -0.115. The molecule has 0 radical (unpaired) electrons. The number of nitrogens with two attached hydrogens (primary N) is 1. The molecule has 24 heavy (non-hydrogen) atoms. The number of aryl methyl sites for hydroxylation is 2. The number of anilines is 2. The van der Waals surface area contributed by atoms with Crippen LogP contribution in [0.5, 0.6) is 0 Å². The van der Waals surface area contributed by atoms with Gasteiger partial charge >= 0.3 is 0 Å². The summed E-state index contributed by atoms with van der Waals surface area (Å²) in [6.07, 6.45) is 4.32. The van der Waals surface area contributed by atoms with Gasteiger partial charge in [0.25, 0.3) is 0 Å². The van der Waals surface area contributed by atoms with Crippen LogP contribution < -0.4 is 11.1 Å². The Morgan fingerprint density at radius 1 is 1.17 bits per heavy atom. The average Bonchev–Trinajstić information content (AvgIpc) is 3.03. The Morgan fingerprint density at radius 2 is 1.96 bits per heavy atom. The van der Waals surface area contributed by atoms with E-state index in [0.717, 1.165) is 24.8 Å². The largest absolute Gasteiger partial charge is 0.384 e. The number of pyridine rings is 1. The van der Waals surface area contributed by atoms with Crippen LogP contribution in [0.25, 0.3) is 0 Å². The van der Waals surface area contributed by atoms with E-state index in [4.69, 9.17) is 5.73 Å². The van der Waals surface area contributed by atoms with Crippen molar-refractivity contribution in [2.45, 2.75) is 30.6 Å². The molecule has 7 heteroatoms. The number of carbonyl (C=O) groups is 1. The molecular weight excluding hydrogens is 326 g/mol. The van der Waals surface area contributed by atoms with Crippen molar-refractivity contribution in [1.29, 1.82) is 0 Å². The first-order valence-corrected chi connectivity index (χ1v) is 9.45. The number of benzene rings is 1. The van der Waals surface area contributed by atoms with Gasteiger partial charge in [0.05, 0.1) is 22.5 Å². The molecule has 0 fully saturated rings. The van der Waals surface area contributed by atoms with Crippen molar-refractivity contribution in [3.63, 3.8) is 0 Å². The topological polar surface area (TPSA) is 102 Å². The third-order valence-corrected chi connectivity index (χ3v) is 5.81. The normalized spacial score (nSPS) is 13.5. The van der Waals surface area contributed by atoms with Crippen LogP contribution in [0.1, 0.15) is 24.0 Å². The summed E-state index contributed by atoms with van der Waals surface area (Å²) in [6.45, 7) is 0. The van der Waals surface area contributed by atoms with Gasteiger partial charge in [0.2, 0.25) is 5.91 Å². The van der Waals surface area contributed by atoms with E-state index in [1.54, 1.807) is 24.3 Å². The third-order valence-electron chi connectivity index (χ3n) is 4.10. The Hall–Kier alpha value is -2.41. The molecule has 0 aliphatic heterocycles. The minimum Gasteiger partial charge on any atom is -0.384 e. The van der Waals surface area contributed by atoms with Crippen molar-refractivity contribution in [1.82, 2.24) is 4.98 Å². The van der Waals surface area contributed by atoms with E-state index >= 15 is 0 Å². The number of hydrogen-bond donors (Lipinski definition) is 2. The minimum atomic E-state index is -3.47. The average molecular weight is 345 g/mol. The van der Waals surface area contributed by atoms with Crippen molar-refractivity contribution in [3.8, 4) is 0 Å². The number of fused-ring (bicyclic) bond motifs is 1. The van der Waals surface area contributed by atoms with Crippen molar-refractivity contribution in [2.24, 2.45) is 0 Å². The Balaban J connectivity index is 1.62. The number of rotatable bonds is 5. The van der Waals surface area contributed by atoms with Gasteiger partial charge in [-0.2, -0.15) is 0 Å². The van der Waals surface area contributed by atoms with Crippen LogP contribution in [0.15, 0.2) is 41.4 Å². The molecule has 0 saturated carbocycles. The second-order valence-electron chi connectivity index (χ2n) is 5.87. The number of carbonyl (C=O) groups excluding carboxylic acids is 1. The summed E-state index contributed by atoms with van der Waals surface area (Å²) < 4.78 is 24.8. The standard InChI is InChI=1S/C17H19N3O3S/c18-16-7-5-14(11-19-16)20-17(21)8-9-24(22,23)15-6-4-12-2-1-3-13(12)10-15/h4-7,10-11H,1-3,8-9H2,(H2,18,19)(H,20,21). The van der Waals surface area contributed by atoms with E-state index < -0.39 is 9.84 Å². The molecule has 3 rings (SSSR count). The van der Waals surface area contributed by atoms with Gasteiger partial charge in [-0.05, 0) is 54.7 Å². The van der Waals surface area contributed by atoms with Gasteiger partial charge in [-0.1, -0.05) is 6.07 Å². The monoisotopic (exact) mass is 345 g/mol. The van der Waals surface area contributed by atoms with Crippen LogP contribution in [0.2, 0.25) is 0 Å². The lowest BCUT2D eigenvalue weighted by Crippen LogP contribution is -2.17. The number of sulfone groups is 1. The maximum absolute atomic E-state index is 12.4. The quantitative estimate of drug-likeness (QED) is 0.862. The number of aromatic nitrogens is 1. The highest BCUT2D eigenvalue weighted by molar-refractivity contribution is 7.91. The summed E-state index contributed by atoms with van der Waals surface area (Å²) in [6, 6.07) is 8.46. The second-order valence-corrected chi connectivity index (χ2v) is 7.98. The van der Waals surface area contributed by atoms with Crippen LogP contribution in [-0.2, 0) is 27.5 Å². The van der Waals surface area contributed by atoms with Crippen LogP contribution in [0.3, 0.4) is 0 Å². The number of amides is 1. The predicted molar refractivity (Wildman–Crippen MR) is 92.4 cm³/mol. The molecule has 0 atom stereocenters. The first-order valence-electron chi connectivity index (χ1n) is 7.80. The Bertz CT molecular complexity index is 861. The van der Waals surface area contributed by atoms with Gasteiger partial charge in [0, 0.05) is 6.42 Å². The summed E-state index contributed by atoms with van der Waals surface area (Å²) in [5.74, 6) is -0.237. The van der Waals surface area contributed by atoms with E-state index in [1.807, 2.05) is 6.07 Å². The van der Waals surface area contributed by atoms with E-state index in [1.165, 1.54) is 11.8 Å². The molecule has 1 aromatic heterocycles. The molecule has 0 spiro atoms. The van der Waals surface area contributed by atoms with Crippen LogP contribution in [0.4, 0.5) is 11.5 Å². The summed E-state index contributed by atoms with van der Waals surface area (Å²) in [4.78, 5) is 16.1. The number of nitrogens with one attached hydrogen (secondary N) is 1. The van der Waals surface area contributed by atoms with Gasteiger partial charge in [0.1, 0.15) is 5.82 Å². The second kappa shape index (κ2) is 6.60. The van der Waals surface area contributed by atoms with Gasteiger partial charge < -0.3 is 11.1 Å². The van der Waals surface area contributed by atoms with Gasteiger partial charge in [-0.3, -0.25) is 4.79 Å². The zero-order valence-corrected chi connectivity index (χ0v) is 14.0. The van der Waals surface area contributed by atoms with E-state index in [-0.39, 0.29) is 18.1 Å². The van der Waals surface area contributed by atoms with Crippen LogP contribution in [-0.4, -0.2) is 25.1 Å². The van der Waals surface area contributed by atoms with Crippen LogP contribution >= 0.6 is 0 Å². The molecule has 0 bridgehead atoms. The fourth-order valence-electron chi connectivity index (χ4n) is 2.79. The maximum atomic E-state index is 12.4. The number of nitrogens with zero attached hydrogens (tertiary/aromatic N) is 1. The molecule has 126 valence electrons. The molecule has 0 unspecified atom stereocenters. The first-order chi connectivity index (χ1) is 11.4.